The fourth-order valence-electron chi connectivity index (χ4n) is 1.60. The molecule has 20 heavy (non-hydrogen) atoms. The highest BCUT2D eigenvalue weighted by molar-refractivity contribution is 5.98. The molecule has 0 unspecified atom stereocenters. The molecule has 7 nitrogen and oxygen atoms in total. The summed E-state index contributed by atoms with van der Waals surface area (Å²) in [6, 6.07) is 2.55. The van der Waals surface area contributed by atoms with Crippen molar-refractivity contribution < 1.29 is 24.3 Å². The Morgan fingerprint density at radius 1 is 1.45 bits per heavy atom. The number of carbonyl (C=O) groups excluding carboxylic acids is 1. The van der Waals surface area contributed by atoms with Gasteiger partial charge in [-0.1, -0.05) is 6.92 Å². The minimum Gasteiger partial charge on any atom is -0.394 e. The number of nitro benzene ring substituents is 1. The first-order valence-electron chi connectivity index (χ1n) is 5.87. The van der Waals surface area contributed by atoms with E-state index in [-0.39, 0.29) is 12.0 Å². The van der Waals surface area contributed by atoms with Gasteiger partial charge in [0.25, 0.3) is 11.6 Å². The van der Waals surface area contributed by atoms with Crippen LogP contribution in [0.4, 0.5) is 10.1 Å². The first kappa shape index (κ1) is 16.0. The van der Waals surface area contributed by atoms with Gasteiger partial charge in [-0.25, -0.2) is 4.39 Å². The Hall–Kier alpha value is -2.06. The molecule has 1 aromatic carbocycles. The number of halogens is 1. The van der Waals surface area contributed by atoms with Crippen molar-refractivity contribution in [3.63, 3.8) is 0 Å². The van der Waals surface area contributed by atoms with Crippen molar-refractivity contribution in [1.29, 1.82) is 0 Å². The lowest BCUT2D eigenvalue weighted by molar-refractivity contribution is -0.385. The van der Waals surface area contributed by atoms with Gasteiger partial charge in [-0.2, -0.15) is 0 Å². The number of benzene rings is 1. The predicted molar refractivity (Wildman–Crippen MR) is 67.7 cm³/mol. The Kier molecular flexibility index (Phi) is 5.12. The normalized spacial score (nSPS) is 11.2. The zero-order valence-corrected chi connectivity index (χ0v) is 10.8. The van der Waals surface area contributed by atoms with E-state index in [9.17, 15) is 29.5 Å². The highest BCUT2D eigenvalue weighted by atomic mass is 19.1. The van der Waals surface area contributed by atoms with Crippen LogP contribution in [0.25, 0.3) is 0 Å². The van der Waals surface area contributed by atoms with Crippen molar-refractivity contribution in [3.8, 4) is 0 Å². The van der Waals surface area contributed by atoms with E-state index in [0.29, 0.717) is 6.07 Å². The van der Waals surface area contributed by atoms with Crippen LogP contribution in [0.5, 0.6) is 0 Å². The summed E-state index contributed by atoms with van der Waals surface area (Å²) in [4.78, 5) is 22.0. The van der Waals surface area contributed by atoms with Crippen LogP contribution in [-0.2, 0) is 0 Å². The Balaban J connectivity index is 3.12. The summed E-state index contributed by atoms with van der Waals surface area (Å²) >= 11 is 0. The van der Waals surface area contributed by atoms with E-state index < -0.39 is 41.1 Å². The number of hydrogen-bond donors (Lipinski definition) is 3. The quantitative estimate of drug-likeness (QED) is 0.523. The van der Waals surface area contributed by atoms with E-state index in [1.54, 1.807) is 6.92 Å². The number of nitro groups is 1. The molecule has 1 amide bonds. The zero-order chi connectivity index (χ0) is 15.3. The van der Waals surface area contributed by atoms with E-state index in [0.717, 1.165) is 12.1 Å². The van der Waals surface area contributed by atoms with E-state index >= 15 is 0 Å². The number of amides is 1. The molecule has 0 saturated carbocycles. The smallest absolute Gasteiger partial charge is 0.285 e. The predicted octanol–water partition coefficient (Wildman–Crippen LogP) is 0.597. The maximum Gasteiger partial charge on any atom is 0.285 e. The average Bonchev–Trinajstić information content (AvgIpc) is 2.44. The molecule has 0 aliphatic rings. The largest absolute Gasteiger partial charge is 0.394 e. The van der Waals surface area contributed by atoms with Crippen LogP contribution >= 0.6 is 0 Å². The summed E-state index contributed by atoms with van der Waals surface area (Å²) < 4.78 is 13.0. The number of carbonyl (C=O) groups is 1. The standard InChI is InChI=1S/C12H15FN2O5/c1-2-12(6-16,7-17)14-11(18)9-4-3-8(13)5-10(9)15(19)20/h3-5,16-17H,2,6-7H2,1H3,(H,14,18). The third kappa shape index (κ3) is 3.28. The molecule has 3 N–H and O–H groups in total. The summed E-state index contributed by atoms with van der Waals surface area (Å²) in [6.07, 6.45) is 0.223. The van der Waals surface area contributed by atoms with Crippen LogP contribution in [0, 0.1) is 15.9 Å². The maximum absolute atomic E-state index is 13.0. The minimum atomic E-state index is -1.28. The van der Waals surface area contributed by atoms with Crippen molar-refractivity contribution >= 4 is 11.6 Å². The molecule has 1 aromatic rings. The van der Waals surface area contributed by atoms with Crippen molar-refractivity contribution in [3.05, 3.63) is 39.7 Å². The second kappa shape index (κ2) is 6.40. The van der Waals surface area contributed by atoms with Crippen molar-refractivity contribution in [2.24, 2.45) is 0 Å². The number of nitrogens with one attached hydrogen (secondary N) is 1. The van der Waals surface area contributed by atoms with Gasteiger partial charge in [-0.05, 0) is 18.6 Å². The van der Waals surface area contributed by atoms with Gasteiger partial charge in [0.1, 0.15) is 11.4 Å². The lowest BCUT2D eigenvalue weighted by Crippen LogP contribution is -2.53. The van der Waals surface area contributed by atoms with Crippen molar-refractivity contribution in [1.82, 2.24) is 5.32 Å². The lowest BCUT2D eigenvalue weighted by Gasteiger charge is -2.29. The minimum absolute atomic E-state index is 0.223. The average molecular weight is 286 g/mol. The van der Waals surface area contributed by atoms with Gasteiger partial charge in [0.15, 0.2) is 0 Å². The Morgan fingerprint density at radius 3 is 2.50 bits per heavy atom. The van der Waals surface area contributed by atoms with Gasteiger partial charge in [0.2, 0.25) is 0 Å². The van der Waals surface area contributed by atoms with Crippen LogP contribution in [0.15, 0.2) is 18.2 Å². The number of aliphatic hydroxyl groups is 2. The number of rotatable bonds is 6. The van der Waals surface area contributed by atoms with E-state index in [1.807, 2.05) is 0 Å². The van der Waals surface area contributed by atoms with Gasteiger partial charge in [0.05, 0.1) is 29.7 Å². The van der Waals surface area contributed by atoms with Crippen LogP contribution in [0.1, 0.15) is 23.7 Å². The third-order valence-electron chi connectivity index (χ3n) is 3.06. The fraction of sp³-hybridized carbons (Fsp3) is 0.417. The summed E-state index contributed by atoms with van der Waals surface area (Å²) in [7, 11) is 0. The Bertz CT molecular complexity index is 508. The van der Waals surface area contributed by atoms with Gasteiger partial charge in [-0.3, -0.25) is 14.9 Å². The van der Waals surface area contributed by atoms with Gasteiger partial charge in [-0.15, -0.1) is 0 Å². The molecule has 0 aliphatic heterocycles. The van der Waals surface area contributed by atoms with Gasteiger partial charge < -0.3 is 15.5 Å². The molecule has 110 valence electrons. The highest BCUT2D eigenvalue weighted by Gasteiger charge is 2.31. The van der Waals surface area contributed by atoms with E-state index in [4.69, 9.17) is 0 Å². The molecule has 0 heterocycles. The number of nitrogens with zero attached hydrogens (tertiary/aromatic N) is 1. The molecule has 8 heteroatoms. The summed E-state index contributed by atoms with van der Waals surface area (Å²) in [5, 5.41) is 31.6. The highest BCUT2D eigenvalue weighted by Crippen LogP contribution is 2.21. The summed E-state index contributed by atoms with van der Waals surface area (Å²) in [5.74, 6) is -1.69. The zero-order valence-electron chi connectivity index (χ0n) is 10.8. The SMILES string of the molecule is CCC(CO)(CO)NC(=O)c1ccc(F)cc1[N+](=O)[O-]. The van der Waals surface area contributed by atoms with Crippen LogP contribution in [-0.4, -0.2) is 39.8 Å². The van der Waals surface area contributed by atoms with Crippen LogP contribution < -0.4 is 5.32 Å². The second-order valence-electron chi connectivity index (χ2n) is 4.32. The number of hydrogen-bond acceptors (Lipinski definition) is 5. The lowest BCUT2D eigenvalue weighted by atomic mass is 9.97. The maximum atomic E-state index is 13.0. The van der Waals surface area contributed by atoms with E-state index in [2.05, 4.69) is 5.32 Å². The van der Waals surface area contributed by atoms with Crippen molar-refractivity contribution in [2.45, 2.75) is 18.9 Å². The molecule has 0 radical (unpaired) electrons. The number of aliphatic hydroxyl groups excluding tert-OH is 2. The van der Waals surface area contributed by atoms with Crippen molar-refractivity contribution in [2.75, 3.05) is 13.2 Å². The molecule has 0 bridgehead atoms. The molecular weight excluding hydrogens is 271 g/mol. The summed E-state index contributed by atoms with van der Waals surface area (Å²) in [6.45, 7) is 0.577. The molecule has 0 saturated heterocycles. The monoisotopic (exact) mass is 286 g/mol. The molecule has 0 aromatic heterocycles. The Morgan fingerprint density at radius 2 is 2.05 bits per heavy atom. The fourth-order valence-corrected chi connectivity index (χ4v) is 1.60. The summed E-state index contributed by atoms with van der Waals surface area (Å²) in [5.41, 5.74) is -2.29. The molecule has 0 atom stereocenters. The molecule has 1 rings (SSSR count). The second-order valence-corrected chi connectivity index (χ2v) is 4.32. The van der Waals surface area contributed by atoms with Crippen LogP contribution in [0.2, 0.25) is 0 Å². The molecule has 0 spiro atoms. The molecule has 0 fully saturated rings. The van der Waals surface area contributed by atoms with E-state index in [1.165, 1.54) is 0 Å². The topological polar surface area (TPSA) is 113 Å². The van der Waals surface area contributed by atoms with Gasteiger partial charge in [0, 0.05) is 0 Å². The first-order valence-corrected chi connectivity index (χ1v) is 5.87. The first-order chi connectivity index (χ1) is 9.39. The van der Waals surface area contributed by atoms with Gasteiger partial charge >= 0.3 is 0 Å². The molecule has 0 aliphatic carbocycles. The van der Waals surface area contributed by atoms with Crippen LogP contribution in [0.3, 0.4) is 0 Å². The Labute approximate surface area is 114 Å². The third-order valence-corrected chi connectivity index (χ3v) is 3.06. The molecular formula is C12H15FN2O5.